The van der Waals surface area contributed by atoms with E-state index in [9.17, 15) is 0 Å². The van der Waals surface area contributed by atoms with Crippen molar-refractivity contribution in [3.8, 4) is 0 Å². The van der Waals surface area contributed by atoms with Gasteiger partial charge in [0.05, 0.1) is 17.4 Å². The highest BCUT2D eigenvalue weighted by Gasteiger charge is 2.53. The van der Waals surface area contributed by atoms with Crippen LogP contribution in [0.3, 0.4) is 0 Å². The second kappa shape index (κ2) is 3.52. The standard InChI is InChI=1S/C16H16N2/c1-2-11-7-9-12(10-8-11)15-16-17-13-5-3-4-6-14(13)18(15)16/h3-10,15-17H,2H2,1H3. The van der Waals surface area contributed by atoms with Gasteiger partial charge in [-0.2, -0.15) is 0 Å². The summed E-state index contributed by atoms with van der Waals surface area (Å²) in [7, 11) is 0. The summed E-state index contributed by atoms with van der Waals surface area (Å²) in [4.78, 5) is 2.45. The van der Waals surface area contributed by atoms with E-state index in [1.165, 1.54) is 22.5 Å². The molecule has 0 amide bonds. The predicted molar refractivity (Wildman–Crippen MR) is 74.9 cm³/mol. The molecule has 4 rings (SSSR count). The third-order valence-corrected chi connectivity index (χ3v) is 4.02. The van der Waals surface area contributed by atoms with Crippen LogP contribution >= 0.6 is 0 Å². The summed E-state index contributed by atoms with van der Waals surface area (Å²) in [5.74, 6) is 0. The number of para-hydroxylation sites is 2. The second-order valence-corrected chi connectivity index (χ2v) is 5.05. The fourth-order valence-electron chi connectivity index (χ4n) is 2.95. The average Bonchev–Trinajstić information content (AvgIpc) is 3.01. The molecule has 1 saturated heterocycles. The summed E-state index contributed by atoms with van der Waals surface area (Å²) >= 11 is 0. The zero-order valence-electron chi connectivity index (χ0n) is 10.4. The lowest BCUT2D eigenvalue weighted by Crippen LogP contribution is -2.01. The molecule has 90 valence electrons. The van der Waals surface area contributed by atoms with Crippen molar-refractivity contribution in [2.24, 2.45) is 0 Å². The molecule has 2 aromatic carbocycles. The predicted octanol–water partition coefficient (Wildman–Crippen LogP) is 3.56. The van der Waals surface area contributed by atoms with Crippen molar-refractivity contribution in [2.75, 3.05) is 10.2 Å². The SMILES string of the molecule is CCc1ccc(C2C3Nc4ccccc4N32)cc1. The minimum absolute atomic E-state index is 0.467. The van der Waals surface area contributed by atoms with Crippen LogP contribution in [-0.4, -0.2) is 6.17 Å². The van der Waals surface area contributed by atoms with Gasteiger partial charge in [-0.3, -0.25) is 0 Å². The Labute approximate surface area is 107 Å². The van der Waals surface area contributed by atoms with Crippen molar-refractivity contribution in [3.05, 3.63) is 59.7 Å². The van der Waals surface area contributed by atoms with Gasteiger partial charge in [-0.15, -0.1) is 0 Å². The molecule has 0 aromatic heterocycles. The zero-order valence-corrected chi connectivity index (χ0v) is 10.4. The third kappa shape index (κ3) is 1.29. The summed E-state index contributed by atoms with van der Waals surface area (Å²) in [6, 6.07) is 18.1. The molecule has 1 N–H and O–H groups in total. The molecule has 2 aliphatic rings. The molecule has 0 radical (unpaired) electrons. The molecule has 0 bridgehead atoms. The van der Waals surface area contributed by atoms with Crippen molar-refractivity contribution < 1.29 is 0 Å². The second-order valence-electron chi connectivity index (χ2n) is 5.05. The molecule has 2 heterocycles. The van der Waals surface area contributed by atoms with E-state index in [2.05, 4.69) is 65.7 Å². The van der Waals surface area contributed by atoms with Gasteiger partial charge in [0, 0.05) is 0 Å². The molecule has 2 unspecified atom stereocenters. The molecule has 18 heavy (non-hydrogen) atoms. The van der Waals surface area contributed by atoms with Gasteiger partial charge < -0.3 is 10.2 Å². The number of nitrogens with zero attached hydrogens (tertiary/aromatic N) is 1. The molecule has 2 aromatic rings. The maximum atomic E-state index is 3.57. The molecule has 2 heteroatoms. The molecule has 2 nitrogen and oxygen atoms in total. The van der Waals surface area contributed by atoms with Crippen LogP contribution in [0.4, 0.5) is 11.4 Å². The van der Waals surface area contributed by atoms with Gasteiger partial charge in [-0.05, 0) is 29.7 Å². The van der Waals surface area contributed by atoms with Gasteiger partial charge in [-0.1, -0.05) is 43.3 Å². The summed E-state index contributed by atoms with van der Waals surface area (Å²) in [5.41, 5.74) is 5.43. The Bertz CT molecular complexity index is 588. The Hall–Kier alpha value is -1.96. The van der Waals surface area contributed by atoms with Gasteiger partial charge in [0.25, 0.3) is 0 Å². The molecule has 0 spiro atoms. The molecular formula is C16H16N2. The van der Waals surface area contributed by atoms with E-state index in [4.69, 9.17) is 0 Å². The van der Waals surface area contributed by atoms with Gasteiger partial charge in [0.1, 0.15) is 6.17 Å². The lowest BCUT2D eigenvalue weighted by molar-refractivity contribution is 1.03. The lowest BCUT2D eigenvalue weighted by atomic mass is 10.1. The third-order valence-electron chi connectivity index (χ3n) is 4.02. The Morgan fingerprint density at radius 2 is 1.83 bits per heavy atom. The normalized spacial score (nSPS) is 23.3. The van der Waals surface area contributed by atoms with Crippen LogP contribution in [0, 0.1) is 0 Å². The van der Waals surface area contributed by atoms with Crippen LogP contribution in [0.15, 0.2) is 48.5 Å². The minimum atomic E-state index is 0.467. The smallest absolute Gasteiger partial charge is 0.125 e. The molecule has 0 aliphatic carbocycles. The van der Waals surface area contributed by atoms with E-state index in [-0.39, 0.29) is 0 Å². The number of rotatable bonds is 2. The van der Waals surface area contributed by atoms with Crippen LogP contribution in [0.1, 0.15) is 24.1 Å². The monoisotopic (exact) mass is 236 g/mol. The van der Waals surface area contributed by atoms with E-state index >= 15 is 0 Å². The van der Waals surface area contributed by atoms with E-state index in [1.807, 2.05) is 0 Å². The van der Waals surface area contributed by atoms with Crippen LogP contribution in [0.5, 0.6) is 0 Å². The molecule has 2 aliphatic heterocycles. The lowest BCUT2D eigenvalue weighted by Gasteiger charge is -2.08. The Balaban J connectivity index is 1.63. The van der Waals surface area contributed by atoms with Crippen LogP contribution < -0.4 is 10.2 Å². The van der Waals surface area contributed by atoms with Gasteiger partial charge in [0.2, 0.25) is 0 Å². The fraction of sp³-hybridized carbons (Fsp3) is 0.250. The van der Waals surface area contributed by atoms with Gasteiger partial charge in [0.15, 0.2) is 0 Å². The van der Waals surface area contributed by atoms with Crippen molar-refractivity contribution in [1.29, 1.82) is 0 Å². The Morgan fingerprint density at radius 1 is 1.06 bits per heavy atom. The first-order valence-corrected chi connectivity index (χ1v) is 6.61. The van der Waals surface area contributed by atoms with Crippen LogP contribution in [0.25, 0.3) is 0 Å². The van der Waals surface area contributed by atoms with Gasteiger partial charge in [-0.25, -0.2) is 0 Å². The summed E-state index contributed by atoms with van der Waals surface area (Å²) in [6.07, 6.45) is 1.58. The van der Waals surface area contributed by atoms with Crippen molar-refractivity contribution >= 4 is 11.4 Å². The summed E-state index contributed by atoms with van der Waals surface area (Å²) < 4.78 is 0. The number of fused-ring (bicyclic) bond motifs is 3. The first-order valence-electron chi connectivity index (χ1n) is 6.61. The molecule has 0 saturated carbocycles. The fourth-order valence-corrected chi connectivity index (χ4v) is 2.95. The van der Waals surface area contributed by atoms with E-state index in [0.29, 0.717) is 12.2 Å². The van der Waals surface area contributed by atoms with Crippen LogP contribution in [-0.2, 0) is 6.42 Å². The largest absolute Gasteiger partial charge is 0.362 e. The maximum Gasteiger partial charge on any atom is 0.125 e. The van der Waals surface area contributed by atoms with E-state index < -0.39 is 0 Å². The molecule has 2 atom stereocenters. The number of aryl methyl sites for hydroxylation is 1. The zero-order chi connectivity index (χ0) is 12.1. The first kappa shape index (κ1) is 10.0. The highest BCUT2D eigenvalue weighted by Crippen LogP contribution is 2.54. The van der Waals surface area contributed by atoms with Gasteiger partial charge >= 0.3 is 0 Å². The van der Waals surface area contributed by atoms with Crippen LogP contribution in [0.2, 0.25) is 0 Å². The average molecular weight is 236 g/mol. The number of anilines is 2. The highest BCUT2D eigenvalue weighted by atomic mass is 15.5. The topological polar surface area (TPSA) is 15.0 Å². The van der Waals surface area contributed by atoms with Crippen molar-refractivity contribution in [3.63, 3.8) is 0 Å². The Kier molecular flexibility index (Phi) is 1.95. The Morgan fingerprint density at radius 3 is 2.61 bits per heavy atom. The minimum Gasteiger partial charge on any atom is -0.362 e. The number of hydrogen-bond donors (Lipinski definition) is 1. The number of benzene rings is 2. The summed E-state index contributed by atoms with van der Waals surface area (Å²) in [6.45, 7) is 2.20. The van der Waals surface area contributed by atoms with Crippen molar-refractivity contribution in [2.45, 2.75) is 25.6 Å². The summed E-state index contributed by atoms with van der Waals surface area (Å²) in [5, 5.41) is 3.57. The van der Waals surface area contributed by atoms with E-state index in [0.717, 1.165) is 6.42 Å². The quantitative estimate of drug-likeness (QED) is 0.802. The van der Waals surface area contributed by atoms with Crippen molar-refractivity contribution in [1.82, 2.24) is 0 Å². The molecular weight excluding hydrogens is 220 g/mol. The first-order chi connectivity index (χ1) is 8.88. The van der Waals surface area contributed by atoms with E-state index in [1.54, 1.807) is 0 Å². The number of hydrogen-bond acceptors (Lipinski definition) is 2. The number of nitrogens with one attached hydrogen (secondary N) is 1. The highest BCUT2D eigenvalue weighted by molar-refractivity contribution is 5.82. The molecule has 1 fully saturated rings. The maximum absolute atomic E-state index is 3.57.